The molecule has 1 atom stereocenters. The van der Waals surface area contributed by atoms with Crippen molar-refractivity contribution in [2.24, 2.45) is 0 Å². The Balaban J connectivity index is 2.03. The second kappa shape index (κ2) is 9.54. The zero-order chi connectivity index (χ0) is 15.6. The van der Waals surface area contributed by atoms with E-state index in [4.69, 9.17) is 4.74 Å². The van der Waals surface area contributed by atoms with Gasteiger partial charge in [0.1, 0.15) is 6.61 Å². The number of carbonyl (C=O) groups is 1. The van der Waals surface area contributed by atoms with Crippen molar-refractivity contribution in [1.82, 2.24) is 15.2 Å². The number of nitrogens with zero attached hydrogens (tertiary/aromatic N) is 2. The predicted molar refractivity (Wildman–Crippen MR) is 86.4 cm³/mol. The SMILES string of the molecule is CCCOCC(=O)N(Cc1ccccn1)C1CCCNCC1. The van der Waals surface area contributed by atoms with Crippen molar-refractivity contribution in [1.29, 1.82) is 0 Å². The van der Waals surface area contributed by atoms with Crippen molar-refractivity contribution in [2.45, 2.75) is 45.2 Å². The first kappa shape index (κ1) is 16.9. The highest BCUT2D eigenvalue weighted by atomic mass is 16.5. The van der Waals surface area contributed by atoms with Crippen LogP contribution in [0, 0.1) is 0 Å². The van der Waals surface area contributed by atoms with Crippen LogP contribution in [0.2, 0.25) is 0 Å². The molecule has 0 radical (unpaired) electrons. The standard InChI is InChI=1S/C17H27N3O2/c1-2-12-22-14-17(21)20(13-15-6-3-4-10-19-15)16-7-5-9-18-11-8-16/h3-4,6,10,16,18H,2,5,7-9,11-14H2,1H3. The molecule has 0 bridgehead atoms. The number of amides is 1. The Morgan fingerprint density at radius 2 is 2.32 bits per heavy atom. The van der Waals surface area contributed by atoms with Gasteiger partial charge in [0, 0.05) is 18.8 Å². The van der Waals surface area contributed by atoms with Gasteiger partial charge in [-0.05, 0) is 50.9 Å². The molecule has 5 heteroatoms. The van der Waals surface area contributed by atoms with Crippen LogP contribution < -0.4 is 5.32 Å². The summed E-state index contributed by atoms with van der Waals surface area (Å²) in [5.74, 6) is 0.0750. The minimum Gasteiger partial charge on any atom is -0.372 e. The summed E-state index contributed by atoms with van der Waals surface area (Å²) in [6, 6.07) is 6.11. The van der Waals surface area contributed by atoms with E-state index in [-0.39, 0.29) is 18.6 Å². The zero-order valence-corrected chi connectivity index (χ0v) is 13.5. The fourth-order valence-electron chi connectivity index (χ4n) is 2.79. The molecule has 122 valence electrons. The third-order valence-corrected chi connectivity index (χ3v) is 3.94. The number of ether oxygens (including phenoxy) is 1. The van der Waals surface area contributed by atoms with Crippen molar-refractivity contribution in [3.63, 3.8) is 0 Å². The van der Waals surface area contributed by atoms with Gasteiger partial charge in [-0.25, -0.2) is 0 Å². The maximum absolute atomic E-state index is 12.6. The average molecular weight is 305 g/mol. The van der Waals surface area contributed by atoms with E-state index in [0.717, 1.165) is 44.5 Å². The highest BCUT2D eigenvalue weighted by Gasteiger charge is 2.25. The maximum atomic E-state index is 12.6. The molecule has 0 saturated carbocycles. The Kier molecular flexibility index (Phi) is 7.33. The lowest BCUT2D eigenvalue weighted by atomic mass is 10.1. The van der Waals surface area contributed by atoms with E-state index in [0.29, 0.717) is 13.2 Å². The van der Waals surface area contributed by atoms with Crippen LogP contribution in [0.4, 0.5) is 0 Å². The first-order valence-corrected chi connectivity index (χ1v) is 8.29. The Hall–Kier alpha value is -1.46. The summed E-state index contributed by atoms with van der Waals surface area (Å²) in [5, 5.41) is 3.40. The van der Waals surface area contributed by atoms with Gasteiger partial charge in [0.25, 0.3) is 0 Å². The molecule has 1 aliphatic rings. The van der Waals surface area contributed by atoms with Gasteiger partial charge in [-0.3, -0.25) is 9.78 Å². The summed E-state index contributed by atoms with van der Waals surface area (Å²) >= 11 is 0. The van der Waals surface area contributed by atoms with Crippen LogP contribution in [-0.2, 0) is 16.1 Å². The minimum atomic E-state index is 0.0750. The van der Waals surface area contributed by atoms with E-state index >= 15 is 0 Å². The molecule has 1 N–H and O–H groups in total. The molecule has 5 nitrogen and oxygen atoms in total. The number of nitrogens with one attached hydrogen (secondary N) is 1. The molecule has 1 unspecified atom stereocenters. The van der Waals surface area contributed by atoms with E-state index in [1.165, 1.54) is 0 Å². The lowest BCUT2D eigenvalue weighted by molar-refractivity contribution is -0.139. The van der Waals surface area contributed by atoms with Crippen molar-refractivity contribution >= 4 is 5.91 Å². The first-order chi connectivity index (χ1) is 10.8. The van der Waals surface area contributed by atoms with Crippen LogP contribution >= 0.6 is 0 Å². The predicted octanol–water partition coefficient (Wildman–Crippen LogP) is 1.98. The molecule has 1 saturated heterocycles. The molecule has 1 aromatic heterocycles. The molecule has 2 heterocycles. The van der Waals surface area contributed by atoms with Gasteiger partial charge < -0.3 is 15.0 Å². The second-order valence-corrected chi connectivity index (χ2v) is 5.73. The van der Waals surface area contributed by atoms with E-state index in [1.807, 2.05) is 30.0 Å². The van der Waals surface area contributed by atoms with Gasteiger partial charge in [-0.2, -0.15) is 0 Å². The van der Waals surface area contributed by atoms with Gasteiger partial charge in [-0.15, -0.1) is 0 Å². The lowest BCUT2D eigenvalue weighted by Gasteiger charge is -2.31. The third-order valence-electron chi connectivity index (χ3n) is 3.94. The van der Waals surface area contributed by atoms with Crippen LogP contribution in [0.1, 0.15) is 38.3 Å². The second-order valence-electron chi connectivity index (χ2n) is 5.73. The summed E-state index contributed by atoms with van der Waals surface area (Å²) in [7, 11) is 0. The third kappa shape index (κ3) is 5.39. The molecule has 1 aliphatic heterocycles. The van der Waals surface area contributed by atoms with Crippen molar-refractivity contribution in [2.75, 3.05) is 26.3 Å². The fraction of sp³-hybridized carbons (Fsp3) is 0.647. The largest absolute Gasteiger partial charge is 0.372 e. The Morgan fingerprint density at radius 3 is 3.09 bits per heavy atom. The Labute approximate surface area is 133 Å². The monoisotopic (exact) mass is 305 g/mol. The van der Waals surface area contributed by atoms with Gasteiger partial charge in [0.05, 0.1) is 12.2 Å². The van der Waals surface area contributed by atoms with Gasteiger partial charge in [0.2, 0.25) is 5.91 Å². The van der Waals surface area contributed by atoms with Crippen LogP contribution in [0.3, 0.4) is 0 Å². The van der Waals surface area contributed by atoms with Gasteiger partial charge in [0.15, 0.2) is 0 Å². The van der Waals surface area contributed by atoms with Gasteiger partial charge in [-0.1, -0.05) is 13.0 Å². The summed E-state index contributed by atoms with van der Waals surface area (Å²) in [6.45, 7) is 5.42. The van der Waals surface area contributed by atoms with Crippen LogP contribution in [0.5, 0.6) is 0 Å². The molecule has 22 heavy (non-hydrogen) atoms. The summed E-state index contributed by atoms with van der Waals surface area (Å²) in [5.41, 5.74) is 0.934. The summed E-state index contributed by atoms with van der Waals surface area (Å²) in [4.78, 5) is 18.9. The van der Waals surface area contributed by atoms with E-state index in [1.54, 1.807) is 6.20 Å². The molecule has 0 aromatic carbocycles. The number of aromatic nitrogens is 1. The molecule has 1 aromatic rings. The lowest BCUT2D eigenvalue weighted by Crippen LogP contribution is -2.42. The minimum absolute atomic E-state index is 0.0750. The Morgan fingerprint density at radius 1 is 1.41 bits per heavy atom. The molecular weight excluding hydrogens is 278 g/mol. The quantitative estimate of drug-likeness (QED) is 0.783. The highest BCUT2D eigenvalue weighted by molar-refractivity contribution is 5.77. The van der Waals surface area contributed by atoms with Crippen LogP contribution in [-0.4, -0.2) is 48.1 Å². The number of pyridine rings is 1. The molecule has 0 spiro atoms. The summed E-state index contributed by atoms with van der Waals surface area (Å²) < 4.78 is 5.46. The van der Waals surface area contributed by atoms with E-state index in [2.05, 4.69) is 10.3 Å². The topological polar surface area (TPSA) is 54.5 Å². The molecule has 1 fully saturated rings. The number of carbonyl (C=O) groups excluding carboxylic acids is 1. The molecular formula is C17H27N3O2. The smallest absolute Gasteiger partial charge is 0.249 e. The number of hydrogen-bond acceptors (Lipinski definition) is 4. The summed E-state index contributed by atoms with van der Waals surface area (Å²) in [6.07, 6.45) is 5.85. The van der Waals surface area contributed by atoms with E-state index in [9.17, 15) is 4.79 Å². The maximum Gasteiger partial charge on any atom is 0.249 e. The normalized spacial score (nSPS) is 18.7. The van der Waals surface area contributed by atoms with E-state index < -0.39 is 0 Å². The Bertz CT molecular complexity index is 431. The fourth-order valence-corrected chi connectivity index (χ4v) is 2.79. The van der Waals surface area contributed by atoms with Crippen LogP contribution in [0.25, 0.3) is 0 Å². The molecule has 2 rings (SSSR count). The average Bonchev–Trinajstić information content (AvgIpc) is 2.83. The molecule has 0 aliphatic carbocycles. The number of rotatable bonds is 7. The van der Waals surface area contributed by atoms with Crippen LogP contribution in [0.15, 0.2) is 24.4 Å². The molecule has 1 amide bonds. The van der Waals surface area contributed by atoms with Crippen molar-refractivity contribution < 1.29 is 9.53 Å². The number of hydrogen-bond donors (Lipinski definition) is 1. The highest BCUT2D eigenvalue weighted by Crippen LogP contribution is 2.16. The van der Waals surface area contributed by atoms with Gasteiger partial charge >= 0.3 is 0 Å². The van der Waals surface area contributed by atoms with Crippen molar-refractivity contribution in [3.05, 3.63) is 30.1 Å². The van der Waals surface area contributed by atoms with Crippen molar-refractivity contribution in [3.8, 4) is 0 Å². The first-order valence-electron chi connectivity index (χ1n) is 8.29. The zero-order valence-electron chi connectivity index (χ0n) is 13.5.